The zero-order valence-electron chi connectivity index (χ0n) is 21.7. The lowest BCUT2D eigenvalue weighted by Crippen LogP contribution is -2.53. The summed E-state index contributed by atoms with van der Waals surface area (Å²) >= 11 is 1.63. The number of hydrogen-bond donors (Lipinski definition) is 1. The summed E-state index contributed by atoms with van der Waals surface area (Å²) in [6.07, 6.45) is 10.3. The summed E-state index contributed by atoms with van der Waals surface area (Å²) in [6, 6.07) is 9.22. The second-order valence-electron chi connectivity index (χ2n) is 10.8. The molecule has 0 saturated carbocycles. The van der Waals surface area contributed by atoms with Gasteiger partial charge in [-0.2, -0.15) is 0 Å². The first-order valence-corrected chi connectivity index (χ1v) is 14.3. The molecule has 0 aliphatic carbocycles. The molecular weight excluding hydrogens is 486 g/mol. The molecule has 5 rings (SSSR count). The Morgan fingerprint density at radius 3 is 2.38 bits per heavy atom. The number of carbonyl (C=O) groups excluding carboxylic acids is 3. The van der Waals surface area contributed by atoms with Crippen LogP contribution >= 0.6 is 11.8 Å². The van der Waals surface area contributed by atoms with Crippen molar-refractivity contribution in [1.82, 2.24) is 14.7 Å². The molecule has 1 unspecified atom stereocenters. The zero-order valence-corrected chi connectivity index (χ0v) is 22.5. The number of rotatable bonds is 8. The van der Waals surface area contributed by atoms with Crippen molar-refractivity contribution in [2.45, 2.75) is 55.2 Å². The standard InChI is InChI=1S/C29H37N3O4S/c1-3-15-30-16-9-13-28(2)22(25(30)34)23-26(35)32(18-7-8-19-33)24-27(36)31(17-10-14-29(23,24)37-28)20-21-11-5-4-6-12-21/h4-6,9-14,22-24,33H,3,7-8,15-20H2,1-2H3/t22-,23-,24?,28+,29-/m0/s1. The van der Waals surface area contributed by atoms with Crippen LogP contribution in [0, 0.1) is 11.8 Å². The van der Waals surface area contributed by atoms with Crippen LogP contribution in [0.1, 0.15) is 38.7 Å². The van der Waals surface area contributed by atoms with Crippen LogP contribution < -0.4 is 0 Å². The molecule has 5 atom stereocenters. The van der Waals surface area contributed by atoms with Crippen LogP contribution in [0.15, 0.2) is 54.6 Å². The van der Waals surface area contributed by atoms with Gasteiger partial charge in [0, 0.05) is 44.1 Å². The summed E-state index contributed by atoms with van der Waals surface area (Å²) in [6.45, 7) is 6.69. The van der Waals surface area contributed by atoms with E-state index in [1.807, 2.05) is 46.2 Å². The molecule has 198 valence electrons. The van der Waals surface area contributed by atoms with E-state index in [0.29, 0.717) is 45.6 Å². The Morgan fingerprint density at radius 1 is 0.919 bits per heavy atom. The van der Waals surface area contributed by atoms with Crippen molar-refractivity contribution in [3.63, 3.8) is 0 Å². The molecule has 1 aromatic carbocycles. The number of amides is 3. The van der Waals surface area contributed by atoms with Crippen molar-refractivity contribution in [3.8, 4) is 0 Å². The second kappa shape index (κ2) is 10.3. The van der Waals surface area contributed by atoms with Gasteiger partial charge < -0.3 is 19.8 Å². The Balaban J connectivity index is 1.57. The van der Waals surface area contributed by atoms with Crippen LogP contribution in [0.2, 0.25) is 0 Å². The van der Waals surface area contributed by atoms with Gasteiger partial charge in [0.05, 0.1) is 16.6 Å². The fraction of sp³-hybridized carbons (Fsp3) is 0.552. The van der Waals surface area contributed by atoms with Gasteiger partial charge >= 0.3 is 0 Å². The topological polar surface area (TPSA) is 81.2 Å². The minimum absolute atomic E-state index is 0.0132. The second-order valence-corrected chi connectivity index (χ2v) is 12.5. The lowest BCUT2D eigenvalue weighted by molar-refractivity contribution is -0.145. The monoisotopic (exact) mass is 523 g/mol. The number of nitrogens with zero attached hydrogens (tertiary/aromatic N) is 3. The normalized spacial score (nSPS) is 32.9. The van der Waals surface area contributed by atoms with E-state index in [1.54, 1.807) is 16.7 Å². The number of benzene rings is 1. The number of carbonyl (C=O) groups is 3. The molecule has 37 heavy (non-hydrogen) atoms. The first-order chi connectivity index (χ1) is 17.9. The van der Waals surface area contributed by atoms with Gasteiger partial charge in [0.2, 0.25) is 17.7 Å². The van der Waals surface area contributed by atoms with Gasteiger partial charge in [-0.25, -0.2) is 0 Å². The summed E-state index contributed by atoms with van der Waals surface area (Å²) in [5.74, 6) is -1.29. The van der Waals surface area contributed by atoms with E-state index < -0.39 is 27.4 Å². The highest BCUT2D eigenvalue weighted by Gasteiger charge is 2.73. The Morgan fingerprint density at radius 2 is 1.65 bits per heavy atom. The molecule has 1 aromatic rings. The molecule has 2 saturated heterocycles. The summed E-state index contributed by atoms with van der Waals surface area (Å²) in [5.41, 5.74) is 1.04. The lowest BCUT2D eigenvalue weighted by Gasteiger charge is -2.37. The fourth-order valence-corrected chi connectivity index (χ4v) is 8.83. The first-order valence-electron chi connectivity index (χ1n) is 13.4. The minimum Gasteiger partial charge on any atom is -0.396 e. The van der Waals surface area contributed by atoms with Gasteiger partial charge in [-0.15, -0.1) is 11.8 Å². The largest absolute Gasteiger partial charge is 0.396 e. The van der Waals surface area contributed by atoms with E-state index in [0.717, 1.165) is 12.0 Å². The molecule has 1 spiro atoms. The number of aliphatic hydroxyl groups excluding tert-OH is 1. The third kappa shape index (κ3) is 4.32. The van der Waals surface area contributed by atoms with Gasteiger partial charge in [-0.05, 0) is 31.7 Å². The quantitative estimate of drug-likeness (QED) is 0.419. The van der Waals surface area contributed by atoms with Crippen molar-refractivity contribution in [2.75, 3.05) is 32.8 Å². The molecule has 0 bridgehead atoms. The maximum absolute atomic E-state index is 14.3. The molecule has 0 radical (unpaired) electrons. The highest BCUT2D eigenvalue weighted by Crippen LogP contribution is 2.65. The maximum atomic E-state index is 14.3. The van der Waals surface area contributed by atoms with E-state index in [9.17, 15) is 19.5 Å². The molecule has 3 amide bonds. The van der Waals surface area contributed by atoms with Crippen molar-refractivity contribution in [2.24, 2.45) is 11.8 Å². The number of fused-ring (bicyclic) bond motifs is 2. The van der Waals surface area contributed by atoms with Gasteiger partial charge in [0.15, 0.2) is 0 Å². The van der Waals surface area contributed by atoms with Crippen molar-refractivity contribution < 1.29 is 19.5 Å². The summed E-state index contributed by atoms with van der Waals surface area (Å²) in [7, 11) is 0. The number of aliphatic hydroxyl groups is 1. The van der Waals surface area contributed by atoms with E-state index >= 15 is 0 Å². The molecule has 0 aromatic heterocycles. The average molecular weight is 524 g/mol. The summed E-state index contributed by atoms with van der Waals surface area (Å²) in [5, 5.41) is 9.38. The van der Waals surface area contributed by atoms with Gasteiger partial charge in [0.1, 0.15) is 6.04 Å². The van der Waals surface area contributed by atoms with Crippen molar-refractivity contribution in [3.05, 3.63) is 60.2 Å². The maximum Gasteiger partial charge on any atom is 0.247 e. The highest BCUT2D eigenvalue weighted by molar-refractivity contribution is 8.02. The molecule has 1 N–H and O–H groups in total. The van der Waals surface area contributed by atoms with E-state index in [4.69, 9.17) is 0 Å². The smallest absolute Gasteiger partial charge is 0.247 e. The molecule has 4 aliphatic rings. The SMILES string of the molecule is CCCN1CC=C[C@@]2(C)S[C@]34C=CCN(Cc5ccccc5)C(=O)C3N(CCCCO)C(=O)[C@@H]4[C@H]2C1=O. The minimum atomic E-state index is -0.812. The number of thioether (sulfide) groups is 1. The molecule has 2 fully saturated rings. The highest BCUT2D eigenvalue weighted by atomic mass is 32.2. The van der Waals surface area contributed by atoms with Crippen LogP contribution in [0.3, 0.4) is 0 Å². The van der Waals surface area contributed by atoms with Crippen LogP contribution in [0.4, 0.5) is 0 Å². The third-order valence-electron chi connectivity index (χ3n) is 8.24. The number of unbranched alkanes of at least 4 members (excludes halogenated alkanes) is 1. The Kier molecular flexibility index (Phi) is 7.24. The van der Waals surface area contributed by atoms with Crippen LogP contribution in [0.25, 0.3) is 0 Å². The average Bonchev–Trinajstić information content (AvgIpc) is 3.15. The van der Waals surface area contributed by atoms with E-state index in [1.165, 1.54) is 0 Å². The van der Waals surface area contributed by atoms with Crippen molar-refractivity contribution in [1.29, 1.82) is 0 Å². The van der Waals surface area contributed by atoms with E-state index in [-0.39, 0.29) is 24.3 Å². The third-order valence-corrected chi connectivity index (χ3v) is 10.0. The molecule has 7 nitrogen and oxygen atoms in total. The van der Waals surface area contributed by atoms with Crippen molar-refractivity contribution >= 4 is 29.5 Å². The van der Waals surface area contributed by atoms with Crippen LogP contribution in [-0.2, 0) is 20.9 Å². The lowest BCUT2D eigenvalue weighted by atomic mass is 9.74. The van der Waals surface area contributed by atoms with Gasteiger partial charge in [0.25, 0.3) is 0 Å². The molecule has 4 aliphatic heterocycles. The Labute approximate surface area is 223 Å². The Bertz CT molecular complexity index is 1110. The van der Waals surface area contributed by atoms with Gasteiger partial charge in [-0.3, -0.25) is 14.4 Å². The van der Waals surface area contributed by atoms with Crippen LogP contribution in [0.5, 0.6) is 0 Å². The van der Waals surface area contributed by atoms with Crippen LogP contribution in [-0.4, -0.2) is 85.8 Å². The summed E-state index contributed by atoms with van der Waals surface area (Å²) < 4.78 is -1.39. The molecular formula is C29H37N3O4S. The first kappa shape index (κ1) is 26.0. The summed E-state index contributed by atoms with van der Waals surface area (Å²) in [4.78, 5) is 47.9. The number of hydrogen-bond acceptors (Lipinski definition) is 5. The van der Waals surface area contributed by atoms with Gasteiger partial charge in [-0.1, -0.05) is 61.6 Å². The fourth-order valence-electron chi connectivity index (χ4n) is 6.67. The molecule has 4 heterocycles. The van der Waals surface area contributed by atoms with E-state index in [2.05, 4.69) is 32.1 Å². The Hall–Kier alpha value is -2.58. The predicted molar refractivity (Wildman–Crippen MR) is 145 cm³/mol. The molecule has 8 heteroatoms. The zero-order chi connectivity index (χ0) is 26.2. The predicted octanol–water partition coefficient (Wildman–Crippen LogP) is 2.85. The number of likely N-dealkylation sites (tertiary alicyclic amines) is 1.